The molecule has 24 heavy (non-hydrogen) atoms. The number of aliphatic carboxylic acids is 1. The normalized spacial score (nSPS) is 29.6. The summed E-state index contributed by atoms with van der Waals surface area (Å²) in [5, 5.41) is 9.22. The van der Waals surface area contributed by atoms with E-state index >= 15 is 0 Å². The van der Waals surface area contributed by atoms with Gasteiger partial charge in [-0.2, -0.15) is 13.2 Å². The summed E-state index contributed by atoms with van der Waals surface area (Å²) < 4.78 is 38.4. The smallest absolute Gasteiger partial charge is 0.416 e. The molecule has 2 fully saturated rings. The Morgan fingerprint density at radius 3 is 2.62 bits per heavy atom. The van der Waals surface area contributed by atoms with Gasteiger partial charge in [0.25, 0.3) is 0 Å². The number of carbonyl (C=O) groups is 2. The van der Waals surface area contributed by atoms with E-state index in [1.165, 1.54) is 11.0 Å². The lowest BCUT2D eigenvalue weighted by molar-refractivity contribution is -0.147. The van der Waals surface area contributed by atoms with Crippen molar-refractivity contribution < 1.29 is 27.9 Å². The van der Waals surface area contributed by atoms with Crippen LogP contribution in [0.2, 0.25) is 0 Å². The summed E-state index contributed by atoms with van der Waals surface area (Å²) in [6.45, 7) is 2.15. The second-order valence-corrected chi connectivity index (χ2v) is 6.95. The van der Waals surface area contributed by atoms with Gasteiger partial charge in [0.1, 0.15) is 0 Å². The highest BCUT2D eigenvalue weighted by Crippen LogP contribution is 2.50. The van der Waals surface area contributed by atoms with E-state index in [0.717, 1.165) is 12.1 Å². The predicted octanol–water partition coefficient (Wildman–Crippen LogP) is 3.13. The molecule has 2 aliphatic rings. The Kier molecular flexibility index (Phi) is 3.85. The molecule has 1 aromatic rings. The summed E-state index contributed by atoms with van der Waals surface area (Å²) >= 11 is 0. The molecule has 130 valence electrons. The fourth-order valence-corrected chi connectivity index (χ4v) is 3.34. The summed E-state index contributed by atoms with van der Waals surface area (Å²) in [5.41, 5.74) is -1.13. The molecule has 3 atom stereocenters. The van der Waals surface area contributed by atoms with Crippen molar-refractivity contribution in [1.82, 2.24) is 4.90 Å². The fraction of sp³-hybridized carbons (Fsp3) is 0.529. The van der Waals surface area contributed by atoms with Gasteiger partial charge in [-0.15, -0.1) is 0 Å². The van der Waals surface area contributed by atoms with Crippen molar-refractivity contribution >= 4 is 11.9 Å². The van der Waals surface area contributed by atoms with Crippen molar-refractivity contribution in [2.24, 2.45) is 11.3 Å². The van der Waals surface area contributed by atoms with Crippen molar-refractivity contribution in [3.63, 3.8) is 0 Å². The molecule has 4 nitrogen and oxygen atoms in total. The molecule has 0 spiro atoms. The Morgan fingerprint density at radius 2 is 2.04 bits per heavy atom. The number of nitrogens with zero attached hydrogens (tertiary/aromatic N) is 1. The van der Waals surface area contributed by atoms with Gasteiger partial charge in [0.15, 0.2) is 0 Å². The maximum absolute atomic E-state index is 12.8. The SMILES string of the molecule is C[C@]1(C(=O)O)CCN(C(=O)[C@H]2C[C@@H]2c2cccc(C(F)(F)F)c2)C1. The fourth-order valence-electron chi connectivity index (χ4n) is 3.34. The molecule has 1 saturated carbocycles. The van der Waals surface area contributed by atoms with E-state index in [9.17, 15) is 27.9 Å². The first kappa shape index (κ1) is 16.8. The summed E-state index contributed by atoms with van der Waals surface area (Å²) in [7, 11) is 0. The van der Waals surface area contributed by atoms with Gasteiger partial charge in [-0.1, -0.05) is 18.2 Å². The molecular formula is C17H18F3NO3. The van der Waals surface area contributed by atoms with E-state index < -0.39 is 23.1 Å². The van der Waals surface area contributed by atoms with Crippen LogP contribution >= 0.6 is 0 Å². The summed E-state index contributed by atoms with van der Waals surface area (Å²) in [4.78, 5) is 25.3. The van der Waals surface area contributed by atoms with Gasteiger partial charge in [0.05, 0.1) is 11.0 Å². The number of amides is 1. The molecule has 0 unspecified atom stereocenters. The summed E-state index contributed by atoms with van der Waals surface area (Å²) in [6.07, 6.45) is -3.49. The Hall–Kier alpha value is -2.05. The van der Waals surface area contributed by atoms with Gasteiger partial charge < -0.3 is 10.0 Å². The third-order valence-corrected chi connectivity index (χ3v) is 5.05. The molecule has 1 heterocycles. The Balaban J connectivity index is 1.68. The summed E-state index contributed by atoms with van der Waals surface area (Å²) in [6, 6.07) is 5.08. The van der Waals surface area contributed by atoms with Crippen LogP contribution in [-0.2, 0) is 15.8 Å². The van der Waals surface area contributed by atoms with E-state index in [0.29, 0.717) is 24.9 Å². The van der Waals surface area contributed by atoms with Gasteiger partial charge in [-0.3, -0.25) is 9.59 Å². The number of carbonyl (C=O) groups excluding carboxylic acids is 1. The standard InChI is InChI=1S/C17H18F3NO3/c1-16(15(23)24)5-6-21(9-16)14(22)13-8-12(13)10-3-2-4-11(7-10)17(18,19)20/h2-4,7,12-13H,5-6,8-9H2,1H3,(H,23,24)/t12-,13+,16+/m1/s1. The minimum atomic E-state index is -4.40. The molecule has 7 heteroatoms. The first-order valence-electron chi connectivity index (χ1n) is 7.81. The Bertz CT molecular complexity index is 688. The highest BCUT2D eigenvalue weighted by Gasteiger charge is 2.50. The minimum absolute atomic E-state index is 0.151. The van der Waals surface area contributed by atoms with Gasteiger partial charge in [-0.25, -0.2) is 0 Å². The highest BCUT2D eigenvalue weighted by molar-refractivity contribution is 5.85. The molecule has 1 amide bonds. The molecule has 3 rings (SSSR count). The second kappa shape index (κ2) is 5.50. The first-order valence-corrected chi connectivity index (χ1v) is 7.81. The largest absolute Gasteiger partial charge is 0.481 e. The second-order valence-electron chi connectivity index (χ2n) is 6.95. The average molecular weight is 341 g/mol. The predicted molar refractivity (Wildman–Crippen MR) is 79.2 cm³/mol. The van der Waals surface area contributed by atoms with Crippen LogP contribution in [-0.4, -0.2) is 35.0 Å². The van der Waals surface area contributed by atoms with E-state index in [-0.39, 0.29) is 24.3 Å². The van der Waals surface area contributed by atoms with Crippen LogP contribution in [0.1, 0.15) is 36.8 Å². The number of halogens is 3. The lowest BCUT2D eigenvalue weighted by atomic mass is 9.90. The van der Waals surface area contributed by atoms with Crippen LogP contribution in [0.5, 0.6) is 0 Å². The lowest BCUT2D eigenvalue weighted by Crippen LogP contribution is -2.35. The molecule has 0 bridgehead atoms. The molecule has 1 aliphatic carbocycles. The van der Waals surface area contributed by atoms with Gasteiger partial charge >= 0.3 is 12.1 Å². The Labute approximate surface area is 137 Å². The minimum Gasteiger partial charge on any atom is -0.481 e. The van der Waals surface area contributed by atoms with Crippen molar-refractivity contribution in [1.29, 1.82) is 0 Å². The monoisotopic (exact) mass is 341 g/mol. The molecule has 0 radical (unpaired) electrons. The number of hydrogen-bond donors (Lipinski definition) is 1. The number of benzene rings is 1. The number of rotatable bonds is 3. The zero-order valence-corrected chi connectivity index (χ0v) is 13.1. The van der Waals surface area contributed by atoms with Gasteiger partial charge in [0.2, 0.25) is 5.91 Å². The van der Waals surface area contributed by atoms with Gasteiger partial charge in [0, 0.05) is 19.0 Å². The van der Waals surface area contributed by atoms with Crippen LogP contribution in [0.4, 0.5) is 13.2 Å². The number of alkyl halides is 3. The van der Waals surface area contributed by atoms with Crippen LogP contribution < -0.4 is 0 Å². The maximum atomic E-state index is 12.8. The van der Waals surface area contributed by atoms with E-state index in [4.69, 9.17) is 0 Å². The molecule has 1 saturated heterocycles. The van der Waals surface area contributed by atoms with E-state index in [1.54, 1.807) is 13.0 Å². The van der Waals surface area contributed by atoms with Crippen molar-refractivity contribution in [3.05, 3.63) is 35.4 Å². The number of carboxylic acids is 1. The van der Waals surface area contributed by atoms with E-state index in [1.807, 2.05) is 0 Å². The van der Waals surface area contributed by atoms with Crippen LogP contribution in [0.3, 0.4) is 0 Å². The van der Waals surface area contributed by atoms with E-state index in [2.05, 4.69) is 0 Å². The topological polar surface area (TPSA) is 57.6 Å². The molecule has 1 N–H and O–H groups in total. The zero-order chi connectivity index (χ0) is 17.7. The number of carboxylic acid groups (broad SMARTS) is 1. The Morgan fingerprint density at radius 1 is 1.33 bits per heavy atom. The van der Waals surface area contributed by atoms with Crippen LogP contribution in [0.25, 0.3) is 0 Å². The average Bonchev–Trinajstić information content (AvgIpc) is 3.21. The van der Waals surface area contributed by atoms with Crippen LogP contribution in [0.15, 0.2) is 24.3 Å². The van der Waals surface area contributed by atoms with Crippen LogP contribution in [0, 0.1) is 11.3 Å². The maximum Gasteiger partial charge on any atom is 0.416 e. The number of likely N-dealkylation sites (tertiary alicyclic amines) is 1. The lowest BCUT2D eigenvalue weighted by Gasteiger charge is -2.20. The summed E-state index contributed by atoms with van der Waals surface area (Å²) in [5.74, 6) is -1.63. The number of hydrogen-bond acceptors (Lipinski definition) is 2. The highest BCUT2D eigenvalue weighted by atomic mass is 19.4. The molecule has 1 aromatic carbocycles. The van der Waals surface area contributed by atoms with Gasteiger partial charge in [-0.05, 0) is 37.3 Å². The molecule has 0 aromatic heterocycles. The third kappa shape index (κ3) is 2.99. The third-order valence-electron chi connectivity index (χ3n) is 5.05. The van der Waals surface area contributed by atoms with Crippen molar-refractivity contribution in [2.45, 2.75) is 31.9 Å². The van der Waals surface area contributed by atoms with Crippen molar-refractivity contribution in [2.75, 3.05) is 13.1 Å². The molecule has 1 aliphatic heterocycles. The quantitative estimate of drug-likeness (QED) is 0.919. The molecular weight excluding hydrogens is 323 g/mol. The van der Waals surface area contributed by atoms with Crippen molar-refractivity contribution in [3.8, 4) is 0 Å². The first-order chi connectivity index (χ1) is 11.1. The zero-order valence-electron chi connectivity index (χ0n) is 13.1.